The van der Waals surface area contributed by atoms with E-state index >= 15 is 0 Å². The summed E-state index contributed by atoms with van der Waals surface area (Å²) in [5.41, 5.74) is 0.588. The Morgan fingerprint density at radius 2 is 1.93 bits per heavy atom. The molecule has 2 rings (SSSR count). The molecule has 6 heteroatoms. The Bertz CT molecular complexity index is 642. The number of nitrogens with zero attached hydrogens (tertiary/aromatic N) is 1. The first kappa shape index (κ1) is 20.9. The van der Waals surface area contributed by atoms with Crippen LogP contribution in [0.15, 0.2) is 24.3 Å². The van der Waals surface area contributed by atoms with Crippen molar-refractivity contribution in [2.75, 3.05) is 19.7 Å². The number of hydrogen-bond donors (Lipinski definition) is 1. The van der Waals surface area contributed by atoms with Gasteiger partial charge in [-0.1, -0.05) is 6.92 Å². The van der Waals surface area contributed by atoms with Crippen molar-refractivity contribution in [3.63, 3.8) is 0 Å². The molecule has 0 bridgehead atoms. The van der Waals surface area contributed by atoms with E-state index in [0.29, 0.717) is 25.1 Å². The monoisotopic (exact) mass is 374 g/mol. The van der Waals surface area contributed by atoms with E-state index in [2.05, 4.69) is 12.2 Å². The Balaban J connectivity index is 1.69. The van der Waals surface area contributed by atoms with Gasteiger partial charge in [-0.15, -0.1) is 0 Å². The van der Waals surface area contributed by atoms with E-state index in [4.69, 9.17) is 4.74 Å². The Morgan fingerprint density at radius 1 is 1.19 bits per heavy atom. The van der Waals surface area contributed by atoms with Crippen LogP contribution in [-0.4, -0.2) is 48.2 Å². The van der Waals surface area contributed by atoms with Gasteiger partial charge in [-0.3, -0.25) is 14.4 Å². The van der Waals surface area contributed by atoms with Gasteiger partial charge in [0.05, 0.1) is 6.61 Å². The van der Waals surface area contributed by atoms with E-state index in [0.717, 1.165) is 31.6 Å². The van der Waals surface area contributed by atoms with E-state index in [1.807, 2.05) is 11.8 Å². The van der Waals surface area contributed by atoms with Gasteiger partial charge in [0.1, 0.15) is 5.75 Å². The largest absolute Gasteiger partial charge is 0.494 e. The highest BCUT2D eigenvalue weighted by atomic mass is 16.5. The first-order valence-corrected chi connectivity index (χ1v) is 9.87. The van der Waals surface area contributed by atoms with E-state index in [1.165, 1.54) is 0 Å². The molecule has 1 aromatic carbocycles. The summed E-state index contributed by atoms with van der Waals surface area (Å²) < 4.78 is 5.36. The molecule has 0 spiro atoms. The number of rotatable bonds is 11. The average Bonchev–Trinajstić information content (AvgIpc) is 3.10. The number of benzene rings is 1. The van der Waals surface area contributed by atoms with Crippen LogP contribution in [0.25, 0.3) is 0 Å². The minimum Gasteiger partial charge on any atom is -0.494 e. The molecule has 27 heavy (non-hydrogen) atoms. The van der Waals surface area contributed by atoms with Gasteiger partial charge in [-0.05, 0) is 50.5 Å². The molecule has 0 aliphatic carbocycles. The number of carbonyl (C=O) groups excluding carboxylic acids is 3. The summed E-state index contributed by atoms with van der Waals surface area (Å²) >= 11 is 0. The Hall–Kier alpha value is -2.37. The molecule has 1 atom stereocenters. The fourth-order valence-electron chi connectivity index (χ4n) is 3.38. The highest BCUT2D eigenvalue weighted by molar-refractivity contribution is 5.98. The predicted molar refractivity (Wildman–Crippen MR) is 104 cm³/mol. The normalized spacial score (nSPS) is 14.9. The summed E-state index contributed by atoms with van der Waals surface area (Å²) in [6.07, 6.45) is 3.55. The molecule has 1 N–H and O–H groups in total. The van der Waals surface area contributed by atoms with Crippen molar-refractivity contribution >= 4 is 17.6 Å². The number of ether oxygens (including phenoxy) is 1. The zero-order valence-corrected chi connectivity index (χ0v) is 16.3. The fourth-order valence-corrected chi connectivity index (χ4v) is 3.38. The van der Waals surface area contributed by atoms with Crippen LogP contribution in [0.5, 0.6) is 5.75 Å². The fraction of sp³-hybridized carbons (Fsp3) is 0.571. The maximum Gasteiger partial charge on any atom is 0.222 e. The molecular formula is C21H30N2O4. The molecule has 2 amide bonds. The third-order valence-corrected chi connectivity index (χ3v) is 4.89. The number of nitrogens with one attached hydrogen (secondary N) is 1. The highest BCUT2D eigenvalue weighted by Gasteiger charge is 2.26. The van der Waals surface area contributed by atoms with E-state index < -0.39 is 0 Å². The Morgan fingerprint density at radius 3 is 2.52 bits per heavy atom. The number of ketones is 1. The van der Waals surface area contributed by atoms with Crippen LogP contribution in [0.4, 0.5) is 0 Å². The maximum absolute atomic E-state index is 12.2. The molecule has 1 aliphatic rings. The van der Waals surface area contributed by atoms with Gasteiger partial charge in [0.2, 0.25) is 11.8 Å². The van der Waals surface area contributed by atoms with Crippen molar-refractivity contribution in [3.05, 3.63) is 29.8 Å². The number of amides is 2. The molecule has 1 saturated heterocycles. The molecule has 148 valence electrons. The minimum atomic E-state index is -0.128. The van der Waals surface area contributed by atoms with Crippen molar-refractivity contribution < 1.29 is 19.1 Å². The van der Waals surface area contributed by atoms with Crippen molar-refractivity contribution in [3.8, 4) is 5.75 Å². The van der Waals surface area contributed by atoms with Gasteiger partial charge in [-0.2, -0.15) is 0 Å². The summed E-state index contributed by atoms with van der Waals surface area (Å²) in [5, 5.41) is 2.87. The van der Waals surface area contributed by atoms with Gasteiger partial charge in [0, 0.05) is 44.0 Å². The average molecular weight is 374 g/mol. The van der Waals surface area contributed by atoms with E-state index in [-0.39, 0.29) is 36.5 Å². The van der Waals surface area contributed by atoms with Crippen molar-refractivity contribution in [2.24, 2.45) is 0 Å². The third-order valence-electron chi connectivity index (χ3n) is 4.89. The van der Waals surface area contributed by atoms with Gasteiger partial charge in [-0.25, -0.2) is 0 Å². The second-order valence-corrected chi connectivity index (χ2v) is 6.77. The quantitative estimate of drug-likeness (QED) is 0.604. The minimum absolute atomic E-state index is 0.0534. The van der Waals surface area contributed by atoms with Gasteiger partial charge in [0.15, 0.2) is 5.78 Å². The third kappa shape index (κ3) is 6.38. The summed E-state index contributed by atoms with van der Waals surface area (Å²) in [6.45, 7) is 5.90. The Kier molecular flexibility index (Phi) is 8.30. The van der Waals surface area contributed by atoms with Crippen molar-refractivity contribution in [1.29, 1.82) is 0 Å². The number of hydrogen-bond acceptors (Lipinski definition) is 4. The second kappa shape index (κ2) is 10.7. The highest BCUT2D eigenvalue weighted by Crippen LogP contribution is 2.18. The summed E-state index contributed by atoms with van der Waals surface area (Å²) in [7, 11) is 0. The number of carbonyl (C=O) groups is 3. The van der Waals surface area contributed by atoms with Crippen LogP contribution in [0.1, 0.15) is 62.7 Å². The SMILES string of the molecule is CCOc1ccc(C(=O)CCC(=O)NCC[C@@H](CC)N2CCCC2=O)cc1. The number of Topliss-reactive ketones (excluding diaryl/α,β-unsaturated/α-hetero) is 1. The predicted octanol–water partition coefficient (Wildman–Crippen LogP) is 2.96. The van der Waals surface area contributed by atoms with Gasteiger partial charge in [0.25, 0.3) is 0 Å². The molecule has 0 radical (unpaired) electrons. The topological polar surface area (TPSA) is 75.7 Å². The lowest BCUT2D eigenvalue weighted by atomic mass is 10.1. The lowest BCUT2D eigenvalue weighted by molar-refractivity contribution is -0.129. The molecular weight excluding hydrogens is 344 g/mol. The smallest absolute Gasteiger partial charge is 0.222 e. The summed E-state index contributed by atoms with van der Waals surface area (Å²) in [6, 6.07) is 7.17. The number of likely N-dealkylation sites (tertiary alicyclic amines) is 1. The standard InChI is InChI=1S/C21H30N2O4/c1-3-17(23-15-5-6-21(23)26)13-14-22-20(25)12-11-19(24)16-7-9-18(10-8-16)27-4-2/h7-10,17H,3-6,11-15H2,1-2H3,(H,22,25)/t17-/m1/s1. The molecule has 1 fully saturated rings. The summed E-state index contributed by atoms with van der Waals surface area (Å²) in [4.78, 5) is 38.0. The first-order valence-electron chi connectivity index (χ1n) is 9.87. The van der Waals surface area contributed by atoms with Crippen molar-refractivity contribution in [1.82, 2.24) is 10.2 Å². The zero-order valence-electron chi connectivity index (χ0n) is 16.3. The van der Waals surface area contributed by atoms with Gasteiger partial charge >= 0.3 is 0 Å². The van der Waals surface area contributed by atoms with Crippen LogP contribution < -0.4 is 10.1 Å². The van der Waals surface area contributed by atoms with Crippen molar-refractivity contribution in [2.45, 2.75) is 58.4 Å². The molecule has 1 heterocycles. The molecule has 1 aliphatic heterocycles. The molecule has 0 saturated carbocycles. The summed E-state index contributed by atoms with van der Waals surface area (Å²) in [5.74, 6) is 0.766. The molecule has 0 unspecified atom stereocenters. The maximum atomic E-state index is 12.2. The van der Waals surface area contributed by atoms with Crippen LogP contribution in [0.3, 0.4) is 0 Å². The van der Waals surface area contributed by atoms with Crippen LogP contribution in [-0.2, 0) is 9.59 Å². The Labute approximate surface area is 161 Å². The lowest BCUT2D eigenvalue weighted by Gasteiger charge is -2.26. The van der Waals surface area contributed by atoms with E-state index in [9.17, 15) is 14.4 Å². The van der Waals surface area contributed by atoms with Crippen LogP contribution >= 0.6 is 0 Å². The van der Waals surface area contributed by atoms with Crippen LogP contribution in [0.2, 0.25) is 0 Å². The van der Waals surface area contributed by atoms with E-state index in [1.54, 1.807) is 24.3 Å². The van der Waals surface area contributed by atoms with Gasteiger partial charge < -0.3 is 15.0 Å². The lowest BCUT2D eigenvalue weighted by Crippen LogP contribution is -2.38. The zero-order chi connectivity index (χ0) is 19.6. The molecule has 0 aromatic heterocycles. The first-order chi connectivity index (χ1) is 13.0. The second-order valence-electron chi connectivity index (χ2n) is 6.77. The molecule has 6 nitrogen and oxygen atoms in total. The molecule has 1 aromatic rings. The van der Waals surface area contributed by atoms with Crippen LogP contribution in [0, 0.1) is 0 Å².